The molecule has 0 N–H and O–H groups in total. The molecule has 0 aromatic carbocycles. The van der Waals surface area contributed by atoms with E-state index in [0.29, 0.717) is 12.3 Å². The van der Waals surface area contributed by atoms with Crippen LogP contribution < -0.4 is 0 Å². The van der Waals surface area contributed by atoms with E-state index in [0.717, 1.165) is 6.42 Å². The van der Waals surface area contributed by atoms with Gasteiger partial charge in [0.15, 0.2) is 0 Å². The van der Waals surface area contributed by atoms with Crippen molar-refractivity contribution >= 4 is 0 Å². The highest BCUT2D eigenvalue weighted by molar-refractivity contribution is 4.68. The van der Waals surface area contributed by atoms with Gasteiger partial charge < -0.3 is 4.74 Å². The van der Waals surface area contributed by atoms with Gasteiger partial charge in [0.1, 0.15) is 6.17 Å². The Labute approximate surface area is 68.9 Å². The SMILES string of the molecule is CCC(F)[C@@H](CC(C)C)OC. The van der Waals surface area contributed by atoms with Crippen LogP contribution in [0.5, 0.6) is 0 Å². The van der Waals surface area contributed by atoms with Gasteiger partial charge in [-0.3, -0.25) is 0 Å². The summed E-state index contributed by atoms with van der Waals surface area (Å²) in [5, 5.41) is 0. The van der Waals surface area contributed by atoms with E-state index in [9.17, 15) is 4.39 Å². The van der Waals surface area contributed by atoms with Crippen LogP contribution in [0, 0.1) is 5.92 Å². The van der Waals surface area contributed by atoms with Crippen molar-refractivity contribution in [1.29, 1.82) is 0 Å². The summed E-state index contributed by atoms with van der Waals surface area (Å²) >= 11 is 0. The molecule has 0 heterocycles. The van der Waals surface area contributed by atoms with Crippen LogP contribution in [-0.4, -0.2) is 19.4 Å². The predicted octanol–water partition coefficient (Wildman–Crippen LogP) is 2.80. The van der Waals surface area contributed by atoms with Gasteiger partial charge in [0.2, 0.25) is 0 Å². The average Bonchev–Trinajstić information content (AvgIpc) is 1.98. The van der Waals surface area contributed by atoms with E-state index in [2.05, 4.69) is 13.8 Å². The molecule has 11 heavy (non-hydrogen) atoms. The maximum absolute atomic E-state index is 13.0. The fourth-order valence-electron chi connectivity index (χ4n) is 1.12. The van der Waals surface area contributed by atoms with E-state index in [1.165, 1.54) is 0 Å². The molecule has 0 aliphatic carbocycles. The molecule has 0 aromatic heterocycles. The first-order valence-corrected chi connectivity index (χ1v) is 4.28. The molecule has 1 nitrogen and oxygen atoms in total. The van der Waals surface area contributed by atoms with Crippen LogP contribution in [0.4, 0.5) is 4.39 Å². The van der Waals surface area contributed by atoms with Crippen molar-refractivity contribution in [2.24, 2.45) is 5.92 Å². The van der Waals surface area contributed by atoms with Gasteiger partial charge in [0, 0.05) is 7.11 Å². The lowest BCUT2D eigenvalue weighted by molar-refractivity contribution is 0.0169. The highest BCUT2D eigenvalue weighted by Gasteiger charge is 2.19. The van der Waals surface area contributed by atoms with Gasteiger partial charge in [-0.25, -0.2) is 4.39 Å². The average molecular weight is 162 g/mol. The largest absolute Gasteiger partial charge is 0.378 e. The summed E-state index contributed by atoms with van der Waals surface area (Å²) in [6.07, 6.45) is 0.346. The zero-order valence-electron chi connectivity index (χ0n) is 7.93. The smallest absolute Gasteiger partial charge is 0.126 e. The molecule has 0 aliphatic rings. The molecule has 0 bridgehead atoms. The first-order chi connectivity index (χ1) is 5.11. The van der Waals surface area contributed by atoms with E-state index < -0.39 is 6.17 Å². The minimum Gasteiger partial charge on any atom is -0.378 e. The lowest BCUT2D eigenvalue weighted by Gasteiger charge is -2.20. The number of halogens is 1. The van der Waals surface area contributed by atoms with Crippen LogP contribution in [0.3, 0.4) is 0 Å². The molecule has 0 fully saturated rings. The third kappa shape index (κ3) is 4.35. The molecular weight excluding hydrogens is 143 g/mol. The minimum absolute atomic E-state index is 0.208. The summed E-state index contributed by atoms with van der Waals surface area (Å²) in [5.74, 6) is 0.504. The Morgan fingerprint density at radius 2 is 1.91 bits per heavy atom. The standard InChI is InChI=1S/C9H19FO/c1-5-8(10)9(11-4)6-7(2)3/h7-9H,5-6H2,1-4H3/t8?,9-/m1/s1. The van der Waals surface area contributed by atoms with Crippen molar-refractivity contribution in [3.63, 3.8) is 0 Å². The summed E-state index contributed by atoms with van der Waals surface area (Å²) < 4.78 is 18.1. The van der Waals surface area contributed by atoms with Crippen molar-refractivity contribution < 1.29 is 9.13 Å². The van der Waals surface area contributed by atoms with Gasteiger partial charge in [-0.2, -0.15) is 0 Å². The van der Waals surface area contributed by atoms with Crippen LogP contribution in [0.1, 0.15) is 33.6 Å². The molecule has 0 aliphatic heterocycles. The number of hydrogen-bond acceptors (Lipinski definition) is 1. The van der Waals surface area contributed by atoms with Gasteiger partial charge in [0.05, 0.1) is 6.10 Å². The Hall–Kier alpha value is -0.110. The molecular formula is C9H19FO. The van der Waals surface area contributed by atoms with Crippen molar-refractivity contribution in [1.82, 2.24) is 0 Å². The monoisotopic (exact) mass is 162 g/mol. The van der Waals surface area contributed by atoms with Crippen LogP contribution in [0.2, 0.25) is 0 Å². The molecule has 1 unspecified atom stereocenters. The third-order valence-electron chi connectivity index (χ3n) is 1.80. The first kappa shape index (κ1) is 10.9. The number of methoxy groups -OCH3 is 1. The molecule has 2 heteroatoms. The Morgan fingerprint density at radius 1 is 1.36 bits per heavy atom. The Kier molecular flexibility index (Phi) is 5.47. The topological polar surface area (TPSA) is 9.23 Å². The fraction of sp³-hybridized carbons (Fsp3) is 1.00. The van der Waals surface area contributed by atoms with Crippen molar-refractivity contribution in [3.8, 4) is 0 Å². The Balaban J connectivity index is 3.74. The van der Waals surface area contributed by atoms with E-state index in [1.54, 1.807) is 7.11 Å². The van der Waals surface area contributed by atoms with E-state index in [-0.39, 0.29) is 6.10 Å². The fourth-order valence-corrected chi connectivity index (χ4v) is 1.12. The predicted molar refractivity (Wildman–Crippen MR) is 45.4 cm³/mol. The highest BCUT2D eigenvalue weighted by atomic mass is 19.1. The second kappa shape index (κ2) is 5.53. The van der Waals surface area contributed by atoms with Gasteiger partial charge in [-0.05, 0) is 18.8 Å². The molecule has 2 atom stereocenters. The number of rotatable bonds is 5. The lowest BCUT2D eigenvalue weighted by Crippen LogP contribution is -2.25. The van der Waals surface area contributed by atoms with Crippen molar-refractivity contribution in [3.05, 3.63) is 0 Å². The minimum atomic E-state index is -0.803. The molecule has 0 radical (unpaired) electrons. The summed E-state index contributed by atoms with van der Waals surface area (Å²) in [7, 11) is 1.58. The third-order valence-corrected chi connectivity index (χ3v) is 1.80. The molecule has 0 aromatic rings. The molecule has 0 saturated carbocycles. The van der Waals surface area contributed by atoms with E-state index in [4.69, 9.17) is 4.74 Å². The van der Waals surface area contributed by atoms with Crippen LogP contribution in [-0.2, 0) is 4.74 Å². The number of alkyl halides is 1. The number of ether oxygens (including phenoxy) is 1. The normalized spacial score (nSPS) is 16.9. The summed E-state index contributed by atoms with van der Waals surface area (Å²) in [5.41, 5.74) is 0. The quantitative estimate of drug-likeness (QED) is 0.604. The van der Waals surface area contributed by atoms with E-state index >= 15 is 0 Å². The van der Waals surface area contributed by atoms with Gasteiger partial charge in [-0.15, -0.1) is 0 Å². The summed E-state index contributed by atoms with van der Waals surface area (Å²) in [6, 6.07) is 0. The zero-order valence-corrected chi connectivity index (χ0v) is 7.93. The molecule has 68 valence electrons. The van der Waals surface area contributed by atoms with Crippen LogP contribution >= 0.6 is 0 Å². The van der Waals surface area contributed by atoms with E-state index in [1.807, 2.05) is 6.92 Å². The van der Waals surface area contributed by atoms with Gasteiger partial charge >= 0.3 is 0 Å². The maximum Gasteiger partial charge on any atom is 0.126 e. The van der Waals surface area contributed by atoms with Gasteiger partial charge in [-0.1, -0.05) is 20.8 Å². The summed E-state index contributed by atoms with van der Waals surface area (Å²) in [4.78, 5) is 0. The van der Waals surface area contributed by atoms with Crippen molar-refractivity contribution in [2.75, 3.05) is 7.11 Å². The molecule has 0 saturated heterocycles. The van der Waals surface area contributed by atoms with Crippen LogP contribution in [0.25, 0.3) is 0 Å². The highest BCUT2D eigenvalue weighted by Crippen LogP contribution is 2.15. The molecule has 0 amide bonds. The molecule has 0 spiro atoms. The Bertz CT molecular complexity index is 93.6. The summed E-state index contributed by atoms with van der Waals surface area (Å²) in [6.45, 7) is 6.00. The van der Waals surface area contributed by atoms with Crippen molar-refractivity contribution in [2.45, 2.75) is 45.9 Å². The molecule has 0 rings (SSSR count). The second-order valence-electron chi connectivity index (χ2n) is 3.33. The first-order valence-electron chi connectivity index (χ1n) is 4.28. The number of hydrogen-bond donors (Lipinski definition) is 0. The second-order valence-corrected chi connectivity index (χ2v) is 3.33. The maximum atomic E-state index is 13.0. The zero-order chi connectivity index (χ0) is 8.85. The Morgan fingerprint density at radius 3 is 2.18 bits per heavy atom. The lowest BCUT2D eigenvalue weighted by atomic mass is 10.0. The van der Waals surface area contributed by atoms with Crippen LogP contribution in [0.15, 0.2) is 0 Å². The van der Waals surface area contributed by atoms with Gasteiger partial charge in [0.25, 0.3) is 0 Å².